The number of benzene rings is 4. The highest BCUT2D eigenvalue weighted by Crippen LogP contribution is 2.45. The van der Waals surface area contributed by atoms with Crippen LogP contribution in [0, 0.1) is 6.92 Å². The van der Waals surface area contributed by atoms with Crippen molar-refractivity contribution < 1.29 is 24.2 Å². The van der Waals surface area contributed by atoms with E-state index >= 15 is 0 Å². The summed E-state index contributed by atoms with van der Waals surface area (Å²) in [6.07, 6.45) is 0. The number of ether oxygens (including phenoxy) is 2. The van der Waals surface area contributed by atoms with Crippen LogP contribution in [0.4, 0.5) is 5.69 Å². The normalized spacial score (nSPS) is 17.0. The lowest BCUT2D eigenvalue weighted by Gasteiger charge is -2.27. The molecule has 0 spiro atoms. The van der Waals surface area contributed by atoms with E-state index in [0.717, 1.165) is 21.9 Å². The largest absolute Gasteiger partial charge is 0.507 e. The van der Waals surface area contributed by atoms with Crippen molar-refractivity contribution in [1.82, 2.24) is 0 Å². The summed E-state index contributed by atoms with van der Waals surface area (Å²) in [7, 11) is 3.11. The zero-order valence-electron chi connectivity index (χ0n) is 20.2. The summed E-state index contributed by atoms with van der Waals surface area (Å²) >= 11 is 0. The number of aliphatic hydroxyl groups is 1. The maximum atomic E-state index is 13.5. The van der Waals surface area contributed by atoms with E-state index in [1.54, 1.807) is 56.7 Å². The van der Waals surface area contributed by atoms with E-state index in [2.05, 4.69) is 0 Å². The number of anilines is 1. The zero-order valence-corrected chi connectivity index (χ0v) is 20.2. The molecule has 1 aliphatic rings. The second-order valence-corrected chi connectivity index (χ2v) is 8.62. The number of ketones is 1. The van der Waals surface area contributed by atoms with Gasteiger partial charge in [0, 0.05) is 17.3 Å². The van der Waals surface area contributed by atoms with E-state index in [0.29, 0.717) is 22.7 Å². The lowest BCUT2D eigenvalue weighted by molar-refractivity contribution is -0.132. The van der Waals surface area contributed by atoms with Gasteiger partial charge < -0.3 is 14.6 Å². The molecule has 1 unspecified atom stereocenters. The molecule has 4 aromatic carbocycles. The number of methoxy groups -OCH3 is 2. The fourth-order valence-corrected chi connectivity index (χ4v) is 4.82. The first kappa shape index (κ1) is 23.2. The molecule has 0 bridgehead atoms. The average molecular weight is 480 g/mol. The topological polar surface area (TPSA) is 76.1 Å². The summed E-state index contributed by atoms with van der Waals surface area (Å²) in [5.74, 6) is -0.502. The standard InChI is InChI=1S/C30H25NO5/c1-18-16-22(36-3)14-15-23(18)28(32)26-27(25-13-6-9-19-8-4-5-12-24(19)25)31(30(34)29(26)33)20-10-7-11-21(17-20)35-2/h4-17,27,32H,1-3H3/b28-26+. The SMILES string of the molecule is COc1cccc(N2C(=O)C(=O)/C(=C(/O)c3ccc(OC)cc3C)C2c2cccc3ccccc23)c1. The summed E-state index contributed by atoms with van der Waals surface area (Å²) in [5, 5.41) is 13.4. The Morgan fingerprint density at radius 3 is 2.28 bits per heavy atom. The van der Waals surface area contributed by atoms with Crippen LogP contribution in [-0.4, -0.2) is 31.0 Å². The van der Waals surface area contributed by atoms with E-state index in [-0.39, 0.29) is 11.3 Å². The second kappa shape index (κ2) is 9.23. The predicted octanol–water partition coefficient (Wildman–Crippen LogP) is 5.79. The van der Waals surface area contributed by atoms with Crippen LogP contribution in [0.2, 0.25) is 0 Å². The number of amides is 1. The number of aliphatic hydroxyl groups excluding tert-OH is 1. The zero-order chi connectivity index (χ0) is 25.4. The van der Waals surface area contributed by atoms with Gasteiger partial charge in [0.05, 0.1) is 25.8 Å². The third-order valence-corrected chi connectivity index (χ3v) is 6.58. The maximum absolute atomic E-state index is 13.5. The van der Waals surface area contributed by atoms with Crippen LogP contribution in [0.25, 0.3) is 16.5 Å². The molecule has 0 aliphatic carbocycles. The first-order valence-corrected chi connectivity index (χ1v) is 11.5. The molecule has 1 N–H and O–H groups in total. The third-order valence-electron chi connectivity index (χ3n) is 6.58. The lowest BCUT2D eigenvalue weighted by atomic mass is 9.90. The van der Waals surface area contributed by atoms with Gasteiger partial charge in [0.1, 0.15) is 17.3 Å². The number of carbonyl (C=O) groups excluding carboxylic acids is 2. The van der Waals surface area contributed by atoms with E-state index < -0.39 is 17.7 Å². The molecule has 6 heteroatoms. The Kier molecular flexibility index (Phi) is 5.94. The molecule has 1 aliphatic heterocycles. The molecular formula is C30H25NO5. The maximum Gasteiger partial charge on any atom is 0.300 e. The smallest absolute Gasteiger partial charge is 0.300 e. The van der Waals surface area contributed by atoms with Gasteiger partial charge in [-0.05, 0) is 59.2 Å². The number of Topliss-reactive ketones (excluding diaryl/α,β-unsaturated/α-hetero) is 1. The number of hydrogen-bond acceptors (Lipinski definition) is 5. The molecule has 1 amide bonds. The monoisotopic (exact) mass is 479 g/mol. The Hall–Kier alpha value is -4.58. The Morgan fingerprint density at radius 2 is 1.53 bits per heavy atom. The van der Waals surface area contributed by atoms with Crippen molar-refractivity contribution >= 4 is 33.9 Å². The van der Waals surface area contributed by atoms with Crippen molar-refractivity contribution in [2.75, 3.05) is 19.1 Å². The highest BCUT2D eigenvalue weighted by atomic mass is 16.5. The van der Waals surface area contributed by atoms with Crippen LogP contribution >= 0.6 is 0 Å². The van der Waals surface area contributed by atoms with Crippen LogP contribution in [0.3, 0.4) is 0 Å². The number of aryl methyl sites for hydroxylation is 1. The molecule has 36 heavy (non-hydrogen) atoms. The van der Waals surface area contributed by atoms with Crippen molar-refractivity contribution in [3.8, 4) is 11.5 Å². The van der Waals surface area contributed by atoms with Crippen molar-refractivity contribution in [1.29, 1.82) is 0 Å². The first-order chi connectivity index (χ1) is 17.4. The lowest BCUT2D eigenvalue weighted by Crippen LogP contribution is -2.29. The quantitative estimate of drug-likeness (QED) is 0.223. The number of carbonyl (C=O) groups is 2. The highest BCUT2D eigenvalue weighted by molar-refractivity contribution is 6.52. The molecule has 6 nitrogen and oxygen atoms in total. The Labute approximate surface area is 209 Å². The molecule has 5 rings (SSSR count). The van der Waals surface area contributed by atoms with Gasteiger partial charge in [0.25, 0.3) is 11.7 Å². The predicted molar refractivity (Wildman–Crippen MR) is 139 cm³/mol. The van der Waals surface area contributed by atoms with Crippen molar-refractivity contribution in [3.05, 3.63) is 107 Å². The van der Waals surface area contributed by atoms with Gasteiger partial charge in [-0.2, -0.15) is 0 Å². The van der Waals surface area contributed by atoms with Crippen molar-refractivity contribution in [2.24, 2.45) is 0 Å². The van der Waals surface area contributed by atoms with Crippen LogP contribution in [-0.2, 0) is 9.59 Å². The summed E-state index contributed by atoms with van der Waals surface area (Å²) in [4.78, 5) is 28.5. The summed E-state index contributed by atoms with van der Waals surface area (Å²) in [6, 6.07) is 24.9. The minimum Gasteiger partial charge on any atom is -0.507 e. The molecule has 0 saturated carbocycles. The van der Waals surface area contributed by atoms with Crippen LogP contribution < -0.4 is 14.4 Å². The van der Waals surface area contributed by atoms with Crippen molar-refractivity contribution in [2.45, 2.75) is 13.0 Å². The van der Waals surface area contributed by atoms with E-state index in [1.807, 2.05) is 49.4 Å². The molecule has 1 saturated heterocycles. The minimum atomic E-state index is -0.843. The average Bonchev–Trinajstić information content (AvgIpc) is 3.17. The molecular weight excluding hydrogens is 454 g/mol. The molecule has 180 valence electrons. The third kappa shape index (κ3) is 3.77. The summed E-state index contributed by atoms with van der Waals surface area (Å²) in [5.41, 5.74) is 2.45. The molecule has 0 aromatic heterocycles. The van der Waals surface area contributed by atoms with E-state index in [4.69, 9.17) is 9.47 Å². The van der Waals surface area contributed by atoms with Gasteiger partial charge in [0.15, 0.2) is 0 Å². The Bertz CT molecular complexity index is 1530. The number of nitrogens with zero attached hydrogens (tertiary/aromatic N) is 1. The fourth-order valence-electron chi connectivity index (χ4n) is 4.82. The van der Waals surface area contributed by atoms with Gasteiger partial charge in [-0.1, -0.05) is 48.5 Å². The van der Waals surface area contributed by atoms with E-state index in [9.17, 15) is 14.7 Å². The van der Waals surface area contributed by atoms with Crippen LogP contribution in [0.1, 0.15) is 22.7 Å². The second-order valence-electron chi connectivity index (χ2n) is 8.62. The Morgan fingerprint density at radius 1 is 0.833 bits per heavy atom. The molecule has 1 atom stereocenters. The summed E-state index contributed by atoms with van der Waals surface area (Å²) in [6.45, 7) is 1.82. The van der Waals surface area contributed by atoms with Gasteiger partial charge in [-0.15, -0.1) is 0 Å². The first-order valence-electron chi connectivity index (χ1n) is 11.5. The molecule has 1 fully saturated rings. The van der Waals surface area contributed by atoms with Gasteiger partial charge in [0.2, 0.25) is 0 Å². The van der Waals surface area contributed by atoms with Crippen molar-refractivity contribution in [3.63, 3.8) is 0 Å². The number of fused-ring (bicyclic) bond motifs is 1. The molecule has 4 aromatic rings. The van der Waals surface area contributed by atoms with Crippen LogP contribution in [0.15, 0.2) is 90.5 Å². The van der Waals surface area contributed by atoms with Crippen LogP contribution in [0.5, 0.6) is 11.5 Å². The fraction of sp³-hybridized carbons (Fsp3) is 0.133. The van der Waals surface area contributed by atoms with Gasteiger partial charge >= 0.3 is 0 Å². The van der Waals surface area contributed by atoms with E-state index in [1.165, 1.54) is 4.90 Å². The van der Waals surface area contributed by atoms with Gasteiger partial charge in [-0.25, -0.2) is 0 Å². The molecule has 0 radical (unpaired) electrons. The van der Waals surface area contributed by atoms with Gasteiger partial charge in [-0.3, -0.25) is 14.5 Å². The number of hydrogen-bond donors (Lipinski definition) is 1. The summed E-state index contributed by atoms with van der Waals surface area (Å²) < 4.78 is 10.7. The number of rotatable bonds is 5. The highest BCUT2D eigenvalue weighted by Gasteiger charge is 2.47. The molecule has 1 heterocycles. The minimum absolute atomic E-state index is 0.0347. The Balaban J connectivity index is 1.80.